The maximum atomic E-state index is 10.8. The molecular formula is C18H16INO. The monoisotopic (exact) mass is 389 g/mol. The van der Waals surface area contributed by atoms with Gasteiger partial charge >= 0.3 is 0 Å². The van der Waals surface area contributed by atoms with Crippen LogP contribution >= 0.6 is 22.6 Å². The Balaban J connectivity index is 1.91. The van der Waals surface area contributed by atoms with E-state index in [-0.39, 0.29) is 0 Å². The lowest BCUT2D eigenvalue weighted by Crippen LogP contribution is -2.24. The van der Waals surface area contributed by atoms with Crippen LogP contribution in [0.15, 0.2) is 60.7 Å². The Morgan fingerprint density at radius 1 is 1.00 bits per heavy atom. The van der Waals surface area contributed by atoms with E-state index in [1.807, 2.05) is 61.5 Å². The molecule has 0 aliphatic carbocycles. The van der Waals surface area contributed by atoms with Gasteiger partial charge in [-0.25, -0.2) is 0 Å². The van der Waals surface area contributed by atoms with Crippen LogP contribution in [0.1, 0.15) is 18.2 Å². The van der Waals surface area contributed by atoms with Gasteiger partial charge in [0.05, 0.1) is 11.1 Å². The van der Waals surface area contributed by atoms with E-state index in [1.165, 1.54) is 0 Å². The van der Waals surface area contributed by atoms with Gasteiger partial charge in [0, 0.05) is 21.1 Å². The lowest BCUT2D eigenvalue weighted by Gasteiger charge is -2.23. The predicted molar refractivity (Wildman–Crippen MR) is 94.2 cm³/mol. The fourth-order valence-electron chi connectivity index (χ4n) is 2.47. The van der Waals surface area contributed by atoms with Crippen molar-refractivity contribution in [3.63, 3.8) is 0 Å². The molecule has 0 spiro atoms. The van der Waals surface area contributed by atoms with Gasteiger partial charge in [0.25, 0.3) is 0 Å². The van der Waals surface area contributed by atoms with Crippen LogP contribution in [0.5, 0.6) is 0 Å². The molecule has 0 aliphatic rings. The molecule has 0 bridgehead atoms. The minimum Gasteiger partial charge on any atom is -0.385 e. The van der Waals surface area contributed by atoms with Gasteiger partial charge in [0.1, 0.15) is 0 Å². The number of aromatic nitrogens is 1. The minimum absolute atomic E-state index is 0.498. The van der Waals surface area contributed by atoms with Crippen molar-refractivity contribution in [1.29, 1.82) is 0 Å². The molecule has 1 unspecified atom stereocenters. The molecule has 1 N–H and O–H groups in total. The number of aliphatic hydroxyl groups is 1. The van der Waals surface area contributed by atoms with Gasteiger partial charge in [0.15, 0.2) is 0 Å². The van der Waals surface area contributed by atoms with Crippen molar-refractivity contribution in [1.82, 2.24) is 4.98 Å². The molecule has 0 saturated heterocycles. The van der Waals surface area contributed by atoms with Gasteiger partial charge in [0.2, 0.25) is 0 Å². The first kappa shape index (κ1) is 14.5. The molecule has 0 saturated carbocycles. The Morgan fingerprint density at radius 3 is 2.48 bits per heavy atom. The summed E-state index contributed by atoms with van der Waals surface area (Å²) in [7, 11) is 0. The number of benzene rings is 2. The zero-order valence-electron chi connectivity index (χ0n) is 11.8. The first-order chi connectivity index (χ1) is 10.0. The van der Waals surface area contributed by atoms with Crippen molar-refractivity contribution < 1.29 is 5.11 Å². The van der Waals surface area contributed by atoms with Crippen molar-refractivity contribution in [2.45, 2.75) is 18.9 Å². The van der Waals surface area contributed by atoms with Gasteiger partial charge in [-0.2, -0.15) is 0 Å². The number of fused-ring (bicyclic) bond motifs is 1. The lowest BCUT2D eigenvalue weighted by molar-refractivity contribution is 0.0566. The van der Waals surface area contributed by atoms with Crippen LogP contribution in [0.25, 0.3) is 10.9 Å². The second kappa shape index (κ2) is 5.73. The van der Waals surface area contributed by atoms with Crippen LogP contribution < -0.4 is 0 Å². The average molecular weight is 389 g/mol. The molecule has 0 amide bonds. The summed E-state index contributed by atoms with van der Waals surface area (Å²) in [6.07, 6.45) is 0.498. The zero-order valence-corrected chi connectivity index (χ0v) is 13.9. The predicted octanol–water partition coefficient (Wildman–Crippen LogP) is 4.29. The van der Waals surface area contributed by atoms with E-state index in [4.69, 9.17) is 0 Å². The van der Waals surface area contributed by atoms with Gasteiger partial charge in [-0.15, -0.1) is 0 Å². The first-order valence-electron chi connectivity index (χ1n) is 6.88. The molecule has 21 heavy (non-hydrogen) atoms. The lowest BCUT2D eigenvalue weighted by atomic mass is 9.91. The standard InChI is InChI=1S/C18H16INO/c1-18(21,14-7-9-15(19)10-8-14)12-16-11-6-13-4-2-3-5-17(13)20-16/h2-11,21H,12H2,1H3. The van der Waals surface area contributed by atoms with Crippen LogP contribution in [0.2, 0.25) is 0 Å². The number of halogens is 1. The Bertz CT molecular complexity index is 766. The first-order valence-corrected chi connectivity index (χ1v) is 7.96. The molecule has 2 aromatic carbocycles. The summed E-state index contributed by atoms with van der Waals surface area (Å²) >= 11 is 2.26. The summed E-state index contributed by atoms with van der Waals surface area (Å²) in [5.74, 6) is 0. The number of hydrogen-bond acceptors (Lipinski definition) is 2. The number of nitrogens with zero attached hydrogens (tertiary/aromatic N) is 1. The van der Waals surface area contributed by atoms with Gasteiger partial charge in [-0.3, -0.25) is 4.98 Å². The third kappa shape index (κ3) is 3.24. The highest BCUT2D eigenvalue weighted by Gasteiger charge is 2.24. The Morgan fingerprint density at radius 2 is 1.71 bits per heavy atom. The number of hydrogen-bond donors (Lipinski definition) is 1. The third-order valence-corrected chi connectivity index (χ3v) is 4.37. The fraction of sp³-hybridized carbons (Fsp3) is 0.167. The summed E-state index contributed by atoms with van der Waals surface area (Å²) < 4.78 is 1.16. The summed E-state index contributed by atoms with van der Waals surface area (Å²) in [5.41, 5.74) is 1.86. The van der Waals surface area contributed by atoms with Crippen LogP contribution in [0, 0.1) is 3.57 Å². The van der Waals surface area contributed by atoms with Crippen molar-refractivity contribution in [2.75, 3.05) is 0 Å². The highest BCUT2D eigenvalue weighted by atomic mass is 127. The number of para-hydroxylation sites is 1. The molecule has 1 atom stereocenters. The number of rotatable bonds is 3. The normalized spacial score (nSPS) is 14.0. The molecule has 3 rings (SSSR count). The molecule has 106 valence electrons. The fourth-order valence-corrected chi connectivity index (χ4v) is 2.83. The molecule has 3 aromatic rings. The second-order valence-corrected chi connectivity index (χ2v) is 6.70. The third-order valence-electron chi connectivity index (χ3n) is 3.65. The van der Waals surface area contributed by atoms with E-state index in [0.717, 1.165) is 25.7 Å². The quantitative estimate of drug-likeness (QED) is 0.678. The summed E-state index contributed by atoms with van der Waals surface area (Å²) in [5, 5.41) is 11.9. The molecular weight excluding hydrogens is 373 g/mol. The summed E-state index contributed by atoms with van der Waals surface area (Å²) in [6, 6.07) is 20.1. The number of pyridine rings is 1. The van der Waals surface area contributed by atoms with E-state index < -0.39 is 5.60 Å². The molecule has 1 aromatic heterocycles. The van der Waals surface area contributed by atoms with E-state index in [9.17, 15) is 5.11 Å². The molecule has 0 radical (unpaired) electrons. The summed E-state index contributed by atoms with van der Waals surface area (Å²) in [4.78, 5) is 4.64. The molecule has 1 heterocycles. The maximum Gasteiger partial charge on any atom is 0.0923 e. The van der Waals surface area contributed by atoms with Crippen molar-refractivity contribution >= 4 is 33.5 Å². The topological polar surface area (TPSA) is 33.1 Å². The van der Waals surface area contributed by atoms with Crippen LogP contribution in [-0.2, 0) is 12.0 Å². The highest BCUT2D eigenvalue weighted by Crippen LogP contribution is 2.26. The molecule has 0 aliphatic heterocycles. The van der Waals surface area contributed by atoms with E-state index >= 15 is 0 Å². The Kier molecular flexibility index (Phi) is 3.95. The largest absolute Gasteiger partial charge is 0.385 e. The smallest absolute Gasteiger partial charge is 0.0923 e. The SMILES string of the molecule is CC(O)(Cc1ccc2ccccc2n1)c1ccc(I)cc1. The summed E-state index contributed by atoms with van der Waals surface area (Å²) in [6.45, 7) is 1.84. The molecule has 0 fully saturated rings. The Labute approximate surface area is 138 Å². The minimum atomic E-state index is -0.917. The molecule has 3 heteroatoms. The van der Waals surface area contributed by atoms with Crippen molar-refractivity contribution in [3.05, 3.63) is 75.5 Å². The van der Waals surface area contributed by atoms with Crippen LogP contribution in [0.3, 0.4) is 0 Å². The van der Waals surface area contributed by atoms with E-state index in [1.54, 1.807) is 0 Å². The van der Waals surface area contributed by atoms with E-state index in [2.05, 4.69) is 33.6 Å². The molecule has 2 nitrogen and oxygen atoms in total. The van der Waals surface area contributed by atoms with Gasteiger partial charge in [-0.1, -0.05) is 36.4 Å². The average Bonchev–Trinajstić information content (AvgIpc) is 2.47. The second-order valence-electron chi connectivity index (χ2n) is 5.45. The van der Waals surface area contributed by atoms with Crippen molar-refractivity contribution in [2.24, 2.45) is 0 Å². The highest BCUT2D eigenvalue weighted by molar-refractivity contribution is 14.1. The van der Waals surface area contributed by atoms with E-state index in [0.29, 0.717) is 6.42 Å². The van der Waals surface area contributed by atoms with Crippen LogP contribution in [-0.4, -0.2) is 10.1 Å². The zero-order chi connectivity index (χ0) is 14.9. The van der Waals surface area contributed by atoms with Crippen LogP contribution in [0.4, 0.5) is 0 Å². The van der Waals surface area contributed by atoms with Gasteiger partial charge < -0.3 is 5.11 Å². The van der Waals surface area contributed by atoms with Crippen molar-refractivity contribution in [3.8, 4) is 0 Å². The Hall–Kier alpha value is -1.46. The van der Waals surface area contributed by atoms with Gasteiger partial charge in [-0.05, 0) is 59.3 Å². The maximum absolute atomic E-state index is 10.8.